The van der Waals surface area contributed by atoms with Crippen LogP contribution in [0.2, 0.25) is 0 Å². The topological polar surface area (TPSA) is 77.0 Å². The van der Waals surface area contributed by atoms with Crippen LogP contribution >= 0.6 is 11.3 Å². The molecule has 0 aliphatic heterocycles. The summed E-state index contributed by atoms with van der Waals surface area (Å²) in [5.41, 5.74) is 0. The molecule has 0 spiro atoms. The minimum Gasteiger partial charge on any atom is -0.481 e. The summed E-state index contributed by atoms with van der Waals surface area (Å²) < 4.78 is 0. The van der Waals surface area contributed by atoms with Crippen molar-refractivity contribution in [2.75, 3.05) is 48.8 Å². The minimum absolute atomic E-state index is 0.0532. The Morgan fingerprint density at radius 2 is 1.46 bits per heavy atom. The van der Waals surface area contributed by atoms with Crippen LogP contribution in [0, 0.1) is 0 Å². The van der Waals surface area contributed by atoms with Crippen molar-refractivity contribution in [1.82, 2.24) is 19.7 Å². The van der Waals surface area contributed by atoms with E-state index in [1.165, 1.54) is 5.01 Å². The van der Waals surface area contributed by atoms with E-state index < -0.39 is 5.97 Å². The molecule has 1 aromatic heterocycles. The molecule has 0 saturated carbocycles. The van der Waals surface area contributed by atoms with E-state index in [4.69, 9.17) is 9.90 Å². The number of urea groups is 1. The molecule has 8 heteroatoms. The summed E-state index contributed by atoms with van der Waals surface area (Å²) in [4.78, 5) is 29.2. The van der Waals surface area contributed by atoms with E-state index >= 15 is 0 Å². The number of rotatable bonds is 2. The second-order valence-electron chi connectivity index (χ2n) is 5.33. The van der Waals surface area contributed by atoms with Crippen molar-refractivity contribution < 1.29 is 14.7 Å². The Bertz CT molecular complexity index is 404. The Balaban J connectivity index is -0.000000127. The summed E-state index contributed by atoms with van der Waals surface area (Å²) in [5, 5.41) is 10.6. The number of hydrogen-bond donors (Lipinski definition) is 1. The van der Waals surface area contributed by atoms with Gasteiger partial charge >= 0.3 is 6.03 Å². The Hall–Kier alpha value is -1.67. The molecule has 0 unspecified atom stereocenters. The summed E-state index contributed by atoms with van der Waals surface area (Å²) in [6.07, 6.45) is 2.90. The van der Waals surface area contributed by atoms with Gasteiger partial charge in [-0.25, -0.2) is 9.78 Å². The molecule has 1 heterocycles. The Morgan fingerprint density at radius 1 is 1.08 bits per heavy atom. The van der Waals surface area contributed by atoms with E-state index in [0.29, 0.717) is 0 Å². The Labute approximate surface area is 164 Å². The van der Waals surface area contributed by atoms with Gasteiger partial charge in [-0.05, 0) is 34.5 Å². The lowest BCUT2D eigenvalue weighted by molar-refractivity contribution is -0.134. The molecule has 0 aromatic carbocycles. The number of thiazole rings is 1. The molecule has 26 heavy (non-hydrogen) atoms. The molecule has 1 N–H and O–H groups in total. The van der Waals surface area contributed by atoms with Crippen LogP contribution in [-0.4, -0.2) is 85.6 Å². The van der Waals surface area contributed by atoms with Crippen molar-refractivity contribution >= 4 is 23.3 Å². The first-order valence-electron chi connectivity index (χ1n) is 8.60. The van der Waals surface area contributed by atoms with Crippen molar-refractivity contribution in [1.29, 1.82) is 0 Å². The largest absolute Gasteiger partial charge is 0.481 e. The van der Waals surface area contributed by atoms with Gasteiger partial charge in [-0.1, -0.05) is 20.8 Å². The third-order valence-electron chi connectivity index (χ3n) is 1.97. The third kappa shape index (κ3) is 33.8. The molecule has 0 saturated heterocycles. The zero-order valence-electron chi connectivity index (χ0n) is 18.5. The van der Waals surface area contributed by atoms with Crippen LogP contribution in [-0.2, 0) is 11.2 Å². The number of aliphatic carboxylic acids is 1. The lowest BCUT2D eigenvalue weighted by Crippen LogP contribution is -2.35. The number of amides is 2. The molecule has 0 radical (unpaired) electrons. The summed E-state index contributed by atoms with van der Waals surface area (Å²) in [7, 11) is 11.3. The summed E-state index contributed by atoms with van der Waals surface area (Å²) in [6.45, 7) is 9.90. The summed E-state index contributed by atoms with van der Waals surface area (Å²) in [6, 6.07) is 0.0532. The van der Waals surface area contributed by atoms with E-state index in [1.807, 2.05) is 58.4 Å². The number of carboxylic acids is 1. The van der Waals surface area contributed by atoms with Gasteiger partial charge in [0, 0.05) is 46.2 Å². The quantitative estimate of drug-likeness (QED) is 0.832. The molecule has 0 aliphatic carbocycles. The van der Waals surface area contributed by atoms with Gasteiger partial charge in [0.2, 0.25) is 0 Å². The van der Waals surface area contributed by atoms with Crippen molar-refractivity contribution in [3.8, 4) is 0 Å². The molecule has 7 nitrogen and oxygen atoms in total. The van der Waals surface area contributed by atoms with Gasteiger partial charge in [0.15, 0.2) is 0 Å². The van der Waals surface area contributed by atoms with E-state index in [2.05, 4.69) is 11.9 Å². The highest BCUT2D eigenvalue weighted by molar-refractivity contribution is 7.09. The number of aryl methyl sites for hydroxylation is 1. The fraction of sp³-hybridized carbons (Fsp3) is 0.722. The Morgan fingerprint density at radius 3 is 1.58 bits per heavy atom. The highest BCUT2D eigenvalue weighted by Gasteiger charge is 2.06. The number of carbonyl (C=O) groups is 2. The van der Waals surface area contributed by atoms with Gasteiger partial charge in [-0.15, -0.1) is 11.3 Å². The van der Waals surface area contributed by atoms with Crippen LogP contribution in [0.1, 0.15) is 39.6 Å². The van der Waals surface area contributed by atoms with Crippen molar-refractivity contribution in [3.05, 3.63) is 16.6 Å². The average Bonchev–Trinajstić information content (AvgIpc) is 3.08. The smallest absolute Gasteiger partial charge is 0.319 e. The van der Waals surface area contributed by atoms with Crippen LogP contribution in [0.4, 0.5) is 4.79 Å². The molecular formula is C18H40N4O3S. The number of hydrogen-bond acceptors (Lipinski definition) is 5. The first-order valence-corrected chi connectivity index (χ1v) is 9.48. The highest BCUT2D eigenvalue weighted by Crippen LogP contribution is 2.02. The third-order valence-corrected chi connectivity index (χ3v) is 2.89. The maximum atomic E-state index is 10.9. The number of carbonyl (C=O) groups excluding carboxylic acids is 1. The molecule has 156 valence electrons. The second kappa shape index (κ2) is 23.3. The second-order valence-corrected chi connectivity index (χ2v) is 6.31. The first kappa shape index (κ1) is 32.0. The van der Waals surface area contributed by atoms with Crippen LogP contribution in [0.5, 0.6) is 0 Å². The monoisotopic (exact) mass is 392 g/mol. The van der Waals surface area contributed by atoms with Crippen molar-refractivity contribution in [3.63, 3.8) is 0 Å². The summed E-state index contributed by atoms with van der Waals surface area (Å²) in [5.74, 6) is -0.833. The predicted octanol–water partition coefficient (Wildman–Crippen LogP) is 3.62. The van der Waals surface area contributed by atoms with Crippen LogP contribution in [0.15, 0.2) is 11.6 Å². The number of carboxylic acid groups (broad SMARTS) is 1. The van der Waals surface area contributed by atoms with Gasteiger partial charge in [0.1, 0.15) is 0 Å². The van der Waals surface area contributed by atoms with Gasteiger partial charge < -0.3 is 19.8 Å². The molecule has 0 fully saturated rings. The molecule has 2 amide bonds. The molecule has 0 atom stereocenters. The van der Waals surface area contributed by atoms with Gasteiger partial charge in [0.05, 0.1) is 5.01 Å². The highest BCUT2D eigenvalue weighted by atomic mass is 32.1. The van der Waals surface area contributed by atoms with Gasteiger partial charge in [-0.3, -0.25) is 4.79 Å². The number of aromatic nitrogens is 1. The zero-order chi connectivity index (χ0) is 21.7. The maximum Gasteiger partial charge on any atom is 0.319 e. The van der Waals surface area contributed by atoms with Gasteiger partial charge in [-0.2, -0.15) is 0 Å². The van der Waals surface area contributed by atoms with E-state index in [-0.39, 0.29) is 6.03 Å². The van der Waals surface area contributed by atoms with E-state index in [1.54, 1.807) is 42.3 Å². The number of nitrogens with zero attached hydrogens (tertiary/aromatic N) is 4. The van der Waals surface area contributed by atoms with Crippen LogP contribution < -0.4 is 0 Å². The van der Waals surface area contributed by atoms with Gasteiger partial charge in [0.25, 0.3) is 5.97 Å². The Kier molecular flexibility index (Phi) is 28.8. The fourth-order valence-electron chi connectivity index (χ4n) is 0.904. The standard InChI is InChI=1S/C6H14N2O.C5H7NS.C3H9N.C2H4O2.C2H6/c1-5-8(4)6(9)7(2)3;1-2-5-6-3-4-7-5;1-4(2)3;1-2(3)4;1-2/h5H2,1-4H3;3-4H,2H2,1H3;1-3H3;1H3,(H,3,4);1-2H3. The van der Waals surface area contributed by atoms with E-state index in [9.17, 15) is 4.79 Å². The molecule has 0 aliphatic rings. The SMILES string of the molecule is CC.CC(=O)O.CCN(C)C(=O)N(C)C.CCc1nccs1.CN(C)C. The van der Waals surface area contributed by atoms with Crippen LogP contribution in [0.3, 0.4) is 0 Å². The molecule has 1 aromatic rings. The average molecular weight is 393 g/mol. The lowest BCUT2D eigenvalue weighted by atomic mass is 10.5. The first-order chi connectivity index (χ1) is 12.0. The minimum atomic E-state index is -0.833. The fourth-order valence-corrected chi connectivity index (χ4v) is 1.47. The summed E-state index contributed by atoms with van der Waals surface area (Å²) >= 11 is 1.71. The predicted molar refractivity (Wildman–Crippen MR) is 113 cm³/mol. The lowest BCUT2D eigenvalue weighted by Gasteiger charge is -2.19. The molecule has 0 bridgehead atoms. The van der Waals surface area contributed by atoms with Crippen molar-refractivity contribution in [2.24, 2.45) is 0 Å². The maximum absolute atomic E-state index is 10.9. The zero-order valence-corrected chi connectivity index (χ0v) is 19.3. The van der Waals surface area contributed by atoms with Crippen molar-refractivity contribution in [2.45, 2.75) is 41.0 Å². The molecule has 1 rings (SSSR count). The molecular weight excluding hydrogens is 352 g/mol. The van der Waals surface area contributed by atoms with Crippen LogP contribution in [0.25, 0.3) is 0 Å². The van der Waals surface area contributed by atoms with E-state index in [0.717, 1.165) is 19.9 Å². The normalized spacial score (nSPS) is 8.15.